The lowest BCUT2D eigenvalue weighted by Gasteiger charge is -2.26. The first-order valence-corrected chi connectivity index (χ1v) is 6.39. The Kier molecular flexibility index (Phi) is 2.85. The van der Waals surface area contributed by atoms with Crippen molar-refractivity contribution in [1.82, 2.24) is 9.78 Å². The van der Waals surface area contributed by atoms with Gasteiger partial charge in [0.1, 0.15) is 0 Å². The van der Waals surface area contributed by atoms with Crippen molar-refractivity contribution in [3.05, 3.63) is 17.0 Å². The van der Waals surface area contributed by atoms with Crippen LogP contribution in [0.4, 0.5) is 0 Å². The molecule has 0 saturated carbocycles. The number of aromatic nitrogens is 2. The fraction of sp³-hybridized carbons (Fsp3) is 0.786. The number of hydrogen-bond donors (Lipinski definition) is 0. The van der Waals surface area contributed by atoms with E-state index in [1.54, 1.807) is 0 Å². The third-order valence-electron chi connectivity index (χ3n) is 3.20. The second-order valence-electron chi connectivity index (χ2n) is 6.95. The number of fused-ring (bicyclic) bond motifs is 1. The molecule has 1 aromatic rings. The zero-order valence-corrected chi connectivity index (χ0v) is 11.9. The van der Waals surface area contributed by atoms with Crippen molar-refractivity contribution in [3.63, 3.8) is 0 Å². The third-order valence-corrected chi connectivity index (χ3v) is 3.20. The standard InChI is InChI=1S/C14H24N2O/c1-13(2,3)11-10-9-17-8-7-16(10)15-12(11)14(4,5)6/h7-9H2,1-6H3. The summed E-state index contributed by atoms with van der Waals surface area (Å²) in [6.07, 6.45) is 0. The van der Waals surface area contributed by atoms with Gasteiger partial charge in [-0.3, -0.25) is 4.68 Å². The average Bonchev–Trinajstić information content (AvgIpc) is 2.54. The monoisotopic (exact) mass is 236 g/mol. The largest absolute Gasteiger partial charge is 0.373 e. The maximum atomic E-state index is 5.60. The highest BCUT2D eigenvalue weighted by Crippen LogP contribution is 2.36. The molecule has 0 aliphatic carbocycles. The smallest absolute Gasteiger partial charge is 0.0888 e. The summed E-state index contributed by atoms with van der Waals surface area (Å²) in [5.41, 5.74) is 4.09. The fourth-order valence-corrected chi connectivity index (χ4v) is 2.46. The number of rotatable bonds is 0. The van der Waals surface area contributed by atoms with Gasteiger partial charge in [0.05, 0.1) is 31.1 Å². The normalized spacial score (nSPS) is 17.1. The Morgan fingerprint density at radius 3 is 2.24 bits per heavy atom. The van der Waals surface area contributed by atoms with Gasteiger partial charge in [-0.05, 0) is 5.41 Å². The van der Waals surface area contributed by atoms with Gasteiger partial charge in [-0.2, -0.15) is 5.10 Å². The summed E-state index contributed by atoms with van der Waals surface area (Å²) in [5, 5.41) is 4.83. The van der Waals surface area contributed by atoms with E-state index in [1.165, 1.54) is 17.0 Å². The Balaban J connectivity index is 2.64. The molecule has 2 rings (SSSR count). The maximum absolute atomic E-state index is 5.60. The number of hydrogen-bond acceptors (Lipinski definition) is 2. The van der Waals surface area contributed by atoms with Crippen LogP contribution in [0.2, 0.25) is 0 Å². The Bertz CT molecular complexity index is 419. The second kappa shape index (κ2) is 3.84. The van der Waals surface area contributed by atoms with Gasteiger partial charge in [0, 0.05) is 11.0 Å². The molecule has 0 aromatic carbocycles. The van der Waals surface area contributed by atoms with Crippen LogP contribution in [0.3, 0.4) is 0 Å². The van der Waals surface area contributed by atoms with E-state index in [-0.39, 0.29) is 10.8 Å². The van der Waals surface area contributed by atoms with Crippen LogP contribution in [0.1, 0.15) is 58.5 Å². The van der Waals surface area contributed by atoms with Crippen molar-refractivity contribution in [2.45, 2.75) is 65.5 Å². The summed E-state index contributed by atoms with van der Waals surface area (Å²) in [7, 11) is 0. The molecule has 0 fully saturated rings. The van der Waals surface area contributed by atoms with Gasteiger partial charge < -0.3 is 4.74 Å². The van der Waals surface area contributed by atoms with Gasteiger partial charge in [0.15, 0.2) is 0 Å². The molecule has 3 heteroatoms. The average molecular weight is 236 g/mol. The molecule has 2 heterocycles. The summed E-state index contributed by atoms with van der Waals surface area (Å²) in [5.74, 6) is 0. The molecule has 96 valence electrons. The van der Waals surface area contributed by atoms with Gasteiger partial charge in [-0.25, -0.2) is 0 Å². The van der Waals surface area contributed by atoms with Crippen LogP contribution >= 0.6 is 0 Å². The van der Waals surface area contributed by atoms with Crippen molar-refractivity contribution in [2.24, 2.45) is 0 Å². The van der Waals surface area contributed by atoms with E-state index >= 15 is 0 Å². The lowest BCUT2D eigenvalue weighted by molar-refractivity contribution is 0.0787. The Morgan fingerprint density at radius 2 is 1.71 bits per heavy atom. The molecule has 1 aromatic heterocycles. The Morgan fingerprint density at radius 1 is 1.06 bits per heavy atom. The molecule has 0 N–H and O–H groups in total. The zero-order chi connectivity index (χ0) is 12.8. The topological polar surface area (TPSA) is 27.1 Å². The van der Waals surface area contributed by atoms with Gasteiger partial charge >= 0.3 is 0 Å². The molecule has 1 aliphatic heterocycles. The summed E-state index contributed by atoms with van der Waals surface area (Å²) >= 11 is 0. The predicted octanol–water partition coefficient (Wildman–Crippen LogP) is 3.01. The second-order valence-corrected chi connectivity index (χ2v) is 6.95. The summed E-state index contributed by atoms with van der Waals surface area (Å²) in [4.78, 5) is 0. The van der Waals surface area contributed by atoms with Crippen LogP contribution < -0.4 is 0 Å². The van der Waals surface area contributed by atoms with E-state index in [1.807, 2.05) is 0 Å². The quantitative estimate of drug-likeness (QED) is 0.692. The first kappa shape index (κ1) is 12.6. The minimum atomic E-state index is 0.0902. The van der Waals surface area contributed by atoms with Crippen LogP contribution in [0.15, 0.2) is 0 Å². The van der Waals surface area contributed by atoms with Gasteiger partial charge in [-0.1, -0.05) is 41.5 Å². The van der Waals surface area contributed by atoms with Crippen LogP contribution in [-0.2, 0) is 28.7 Å². The van der Waals surface area contributed by atoms with Gasteiger partial charge in [0.25, 0.3) is 0 Å². The number of ether oxygens (including phenoxy) is 1. The lowest BCUT2D eigenvalue weighted by Crippen LogP contribution is -2.23. The van der Waals surface area contributed by atoms with Gasteiger partial charge in [0.2, 0.25) is 0 Å². The van der Waals surface area contributed by atoms with Crippen molar-refractivity contribution < 1.29 is 4.74 Å². The highest BCUT2D eigenvalue weighted by atomic mass is 16.5. The zero-order valence-electron chi connectivity index (χ0n) is 11.9. The molecule has 3 nitrogen and oxygen atoms in total. The van der Waals surface area contributed by atoms with E-state index in [9.17, 15) is 0 Å². The van der Waals surface area contributed by atoms with E-state index in [0.717, 1.165) is 13.2 Å². The van der Waals surface area contributed by atoms with Crippen LogP contribution in [0.25, 0.3) is 0 Å². The molecule has 0 spiro atoms. The van der Waals surface area contributed by atoms with Crippen LogP contribution in [0.5, 0.6) is 0 Å². The van der Waals surface area contributed by atoms with Crippen molar-refractivity contribution in [2.75, 3.05) is 6.61 Å². The van der Waals surface area contributed by atoms with Crippen LogP contribution in [-0.4, -0.2) is 16.4 Å². The Labute approximate surface area is 104 Å². The molecule has 0 atom stereocenters. The van der Waals surface area contributed by atoms with Crippen molar-refractivity contribution >= 4 is 0 Å². The lowest BCUT2D eigenvalue weighted by atomic mass is 9.78. The van der Waals surface area contributed by atoms with E-state index in [4.69, 9.17) is 9.84 Å². The fourth-order valence-electron chi connectivity index (χ4n) is 2.46. The molecule has 0 saturated heterocycles. The van der Waals surface area contributed by atoms with E-state index < -0.39 is 0 Å². The molecule has 17 heavy (non-hydrogen) atoms. The third kappa shape index (κ3) is 2.25. The van der Waals surface area contributed by atoms with Crippen molar-refractivity contribution in [1.29, 1.82) is 0 Å². The molecule has 0 bridgehead atoms. The van der Waals surface area contributed by atoms with E-state index in [2.05, 4.69) is 46.2 Å². The van der Waals surface area contributed by atoms with E-state index in [0.29, 0.717) is 6.61 Å². The first-order valence-electron chi connectivity index (χ1n) is 6.39. The molecular formula is C14H24N2O. The van der Waals surface area contributed by atoms with Crippen molar-refractivity contribution in [3.8, 4) is 0 Å². The first-order chi connectivity index (χ1) is 7.71. The molecule has 1 aliphatic rings. The minimum Gasteiger partial charge on any atom is -0.373 e. The summed E-state index contributed by atoms with van der Waals surface area (Å²) in [6, 6.07) is 0. The summed E-state index contributed by atoms with van der Waals surface area (Å²) in [6.45, 7) is 15.8. The SMILES string of the molecule is CC(C)(C)c1nn2c(c1C(C)(C)C)COCC2. The molecule has 0 amide bonds. The Hall–Kier alpha value is -0.830. The highest BCUT2D eigenvalue weighted by molar-refractivity contribution is 5.37. The van der Waals surface area contributed by atoms with Gasteiger partial charge in [-0.15, -0.1) is 0 Å². The maximum Gasteiger partial charge on any atom is 0.0888 e. The molecular weight excluding hydrogens is 212 g/mol. The van der Waals surface area contributed by atoms with Crippen LogP contribution in [0, 0.1) is 0 Å². The number of nitrogens with zero attached hydrogens (tertiary/aromatic N) is 2. The minimum absolute atomic E-state index is 0.0902. The highest BCUT2D eigenvalue weighted by Gasteiger charge is 2.33. The molecule has 0 unspecified atom stereocenters. The molecule has 0 radical (unpaired) electrons. The summed E-state index contributed by atoms with van der Waals surface area (Å²) < 4.78 is 7.74. The predicted molar refractivity (Wildman–Crippen MR) is 69.3 cm³/mol.